The Bertz CT molecular complexity index is 585. The van der Waals surface area contributed by atoms with E-state index in [4.69, 9.17) is 5.73 Å². The maximum Gasteiger partial charge on any atom is 0.211 e. The first-order valence-electron chi connectivity index (χ1n) is 5.92. The lowest BCUT2D eigenvalue weighted by Gasteiger charge is -2.23. The summed E-state index contributed by atoms with van der Waals surface area (Å²) in [4.78, 5) is 24.5. The monoisotopic (exact) mass is 370 g/mol. The van der Waals surface area contributed by atoms with E-state index in [1.165, 1.54) is 0 Å². The summed E-state index contributed by atoms with van der Waals surface area (Å²) in [5.41, 5.74) is 6.81. The zero-order chi connectivity index (χ0) is 14.2. The second-order valence-electron chi connectivity index (χ2n) is 5.06. The summed E-state index contributed by atoms with van der Waals surface area (Å²) in [6.45, 7) is 4.62. The number of allylic oxidation sites excluding steroid dienone is 2. The maximum absolute atomic E-state index is 12.3. The number of carbonyl (C=O) groups excluding carboxylic acids is 2. The van der Waals surface area contributed by atoms with Crippen molar-refractivity contribution in [3.05, 3.63) is 46.8 Å². The van der Waals surface area contributed by atoms with Crippen molar-refractivity contribution >= 4 is 34.2 Å². The molecule has 0 unspecified atom stereocenters. The molecule has 0 atom stereocenters. The van der Waals surface area contributed by atoms with Crippen molar-refractivity contribution < 1.29 is 9.59 Å². The second-order valence-corrected chi connectivity index (χ2v) is 7.99. The standard InChI is InChI=1S/C14H15IN2O2/c1-14(2,15)7-17-11-10(16)12(18)8-5-3-4-6-9(8)13(11)19/h3-6,17H,7,16H2,1-2H3. The third-order valence-corrected chi connectivity index (χ3v) is 3.22. The highest BCUT2D eigenvalue weighted by atomic mass is 127. The molecule has 1 aromatic carbocycles. The van der Waals surface area contributed by atoms with Gasteiger partial charge in [-0.2, -0.15) is 0 Å². The minimum atomic E-state index is -0.288. The van der Waals surface area contributed by atoms with E-state index >= 15 is 0 Å². The number of alkyl halides is 1. The number of benzene rings is 1. The largest absolute Gasteiger partial charge is 0.394 e. The van der Waals surface area contributed by atoms with Crippen molar-refractivity contribution in [2.75, 3.05) is 6.54 Å². The molecule has 0 aliphatic heterocycles. The zero-order valence-electron chi connectivity index (χ0n) is 10.8. The highest BCUT2D eigenvalue weighted by Crippen LogP contribution is 2.23. The van der Waals surface area contributed by atoms with Gasteiger partial charge in [-0.3, -0.25) is 9.59 Å². The summed E-state index contributed by atoms with van der Waals surface area (Å²) >= 11 is 2.27. The van der Waals surface area contributed by atoms with Crippen LogP contribution in [0.2, 0.25) is 0 Å². The van der Waals surface area contributed by atoms with Crippen LogP contribution >= 0.6 is 22.6 Å². The summed E-state index contributed by atoms with van der Waals surface area (Å²) in [7, 11) is 0. The molecule has 1 aromatic rings. The van der Waals surface area contributed by atoms with E-state index < -0.39 is 0 Å². The number of nitrogens with one attached hydrogen (secondary N) is 1. The number of fused-ring (bicyclic) bond motifs is 1. The summed E-state index contributed by atoms with van der Waals surface area (Å²) in [5.74, 6) is -0.502. The highest BCUT2D eigenvalue weighted by molar-refractivity contribution is 14.1. The van der Waals surface area contributed by atoms with E-state index in [9.17, 15) is 9.59 Å². The van der Waals surface area contributed by atoms with Crippen molar-refractivity contribution in [1.82, 2.24) is 5.32 Å². The first-order valence-corrected chi connectivity index (χ1v) is 7.00. The molecule has 2 rings (SSSR count). The molecule has 0 saturated carbocycles. The Morgan fingerprint density at radius 1 is 1.16 bits per heavy atom. The Hall–Kier alpha value is -1.37. The lowest BCUT2D eigenvalue weighted by Crippen LogP contribution is -2.38. The Kier molecular flexibility index (Phi) is 3.66. The van der Waals surface area contributed by atoms with Gasteiger partial charge in [-0.05, 0) is 13.8 Å². The quantitative estimate of drug-likeness (QED) is 0.631. The number of nitrogens with two attached hydrogens (primary N) is 1. The fraction of sp³-hybridized carbons (Fsp3) is 0.286. The van der Waals surface area contributed by atoms with Gasteiger partial charge in [0.05, 0.1) is 0 Å². The molecule has 19 heavy (non-hydrogen) atoms. The molecule has 3 N–H and O–H groups in total. The van der Waals surface area contributed by atoms with Gasteiger partial charge in [0.1, 0.15) is 11.4 Å². The molecule has 0 radical (unpaired) electrons. The number of hydrogen-bond donors (Lipinski definition) is 2. The van der Waals surface area contributed by atoms with Gasteiger partial charge in [-0.1, -0.05) is 46.9 Å². The summed E-state index contributed by atoms with van der Waals surface area (Å²) < 4.78 is -0.0364. The van der Waals surface area contributed by atoms with Crippen LogP contribution < -0.4 is 11.1 Å². The third kappa shape index (κ3) is 2.80. The number of halogens is 1. The van der Waals surface area contributed by atoms with Crippen LogP contribution in [-0.4, -0.2) is 21.5 Å². The summed E-state index contributed by atoms with van der Waals surface area (Å²) in [6, 6.07) is 6.75. The number of Topliss-reactive ketones (excluding diaryl/α,β-unsaturated/α-hetero) is 2. The van der Waals surface area contributed by atoms with Crippen molar-refractivity contribution in [2.24, 2.45) is 5.73 Å². The normalized spacial score (nSPS) is 15.5. The van der Waals surface area contributed by atoms with Gasteiger partial charge < -0.3 is 11.1 Å². The van der Waals surface area contributed by atoms with Gasteiger partial charge in [0.15, 0.2) is 0 Å². The fourth-order valence-electron chi connectivity index (χ4n) is 1.87. The van der Waals surface area contributed by atoms with Crippen molar-refractivity contribution in [1.29, 1.82) is 0 Å². The van der Waals surface area contributed by atoms with Gasteiger partial charge in [0.25, 0.3) is 0 Å². The molecule has 1 aliphatic rings. The molecule has 100 valence electrons. The lowest BCUT2D eigenvalue weighted by atomic mass is 9.90. The molecule has 0 amide bonds. The predicted molar refractivity (Wildman–Crippen MR) is 82.4 cm³/mol. The van der Waals surface area contributed by atoms with Crippen LogP contribution in [0.3, 0.4) is 0 Å². The van der Waals surface area contributed by atoms with Crippen LogP contribution in [0.1, 0.15) is 34.6 Å². The molecule has 0 saturated heterocycles. The smallest absolute Gasteiger partial charge is 0.211 e. The molecule has 0 bridgehead atoms. The molecule has 0 heterocycles. The summed E-state index contributed by atoms with van der Waals surface area (Å²) in [5, 5.41) is 3.01. The van der Waals surface area contributed by atoms with E-state index in [0.29, 0.717) is 17.7 Å². The SMILES string of the molecule is CC(C)(I)CNC1=C(N)C(=O)c2ccccc2C1=O. The van der Waals surface area contributed by atoms with E-state index in [-0.39, 0.29) is 26.4 Å². The lowest BCUT2D eigenvalue weighted by molar-refractivity contribution is 0.0967. The predicted octanol–water partition coefficient (Wildman–Crippen LogP) is 2.04. The molecule has 1 aliphatic carbocycles. The van der Waals surface area contributed by atoms with Crippen molar-refractivity contribution in [3.8, 4) is 0 Å². The van der Waals surface area contributed by atoms with E-state index in [1.807, 2.05) is 13.8 Å². The maximum atomic E-state index is 12.3. The Labute approximate surface area is 125 Å². The Balaban J connectivity index is 2.38. The highest BCUT2D eigenvalue weighted by Gasteiger charge is 2.31. The molecular formula is C14H15IN2O2. The first kappa shape index (κ1) is 14.0. The Morgan fingerprint density at radius 3 is 2.21 bits per heavy atom. The van der Waals surface area contributed by atoms with Gasteiger partial charge >= 0.3 is 0 Å². The van der Waals surface area contributed by atoms with Crippen LogP contribution in [0, 0.1) is 0 Å². The van der Waals surface area contributed by atoms with E-state index in [0.717, 1.165) is 0 Å². The molecule has 0 spiro atoms. The molecular weight excluding hydrogens is 355 g/mol. The van der Waals surface area contributed by atoms with E-state index in [2.05, 4.69) is 27.9 Å². The van der Waals surface area contributed by atoms with Crippen molar-refractivity contribution in [2.45, 2.75) is 17.3 Å². The third-order valence-electron chi connectivity index (χ3n) is 2.84. The van der Waals surface area contributed by atoms with Crippen LogP contribution in [0.15, 0.2) is 35.7 Å². The average Bonchev–Trinajstić information content (AvgIpc) is 2.35. The minimum absolute atomic E-state index is 0.00403. The minimum Gasteiger partial charge on any atom is -0.394 e. The van der Waals surface area contributed by atoms with Gasteiger partial charge in [0.2, 0.25) is 11.6 Å². The topological polar surface area (TPSA) is 72.2 Å². The summed E-state index contributed by atoms with van der Waals surface area (Å²) in [6.07, 6.45) is 0. The Morgan fingerprint density at radius 2 is 1.68 bits per heavy atom. The van der Waals surface area contributed by atoms with Crippen molar-refractivity contribution in [3.63, 3.8) is 0 Å². The second kappa shape index (κ2) is 4.96. The number of carbonyl (C=O) groups is 2. The number of ketones is 2. The van der Waals surface area contributed by atoms with Gasteiger partial charge in [-0.15, -0.1) is 0 Å². The average molecular weight is 370 g/mol. The van der Waals surface area contributed by atoms with Gasteiger partial charge in [-0.25, -0.2) is 0 Å². The van der Waals surface area contributed by atoms with Crippen LogP contribution in [0.4, 0.5) is 0 Å². The van der Waals surface area contributed by atoms with Crippen LogP contribution in [0.25, 0.3) is 0 Å². The molecule has 0 aromatic heterocycles. The molecule has 0 fully saturated rings. The number of hydrogen-bond acceptors (Lipinski definition) is 4. The molecule has 5 heteroatoms. The fourth-order valence-corrected chi connectivity index (χ4v) is 2.06. The first-order chi connectivity index (χ1) is 8.81. The van der Waals surface area contributed by atoms with Crippen LogP contribution in [0.5, 0.6) is 0 Å². The molecule has 4 nitrogen and oxygen atoms in total. The zero-order valence-corrected chi connectivity index (χ0v) is 12.9. The van der Waals surface area contributed by atoms with Gasteiger partial charge in [0, 0.05) is 21.1 Å². The number of rotatable bonds is 3. The van der Waals surface area contributed by atoms with Crippen LogP contribution in [-0.2, 0) is 0 Å². The van der Waals surface area contributed by atoms with E-state index in [1.54, 1.807) is 24.3 Å².